The summed E-state index contributed by atoms with van der Waals surface area (Å²) in [5.74, 6) is 0.823. The normalized spacial score (nSPS) is 18.2. The van der Waals surface area contributed by atoms with Crippen LogP contribution in [-0.2, 0) is 11.2 Å². The molecule has 1 atom stereocenters. The molecule has 1 unspecified atom stereocenters. The molecular weight excluding hydrogens is 268 g/mol. The van der Waals surface area contributed by atoms with Crippen LogP contribution in [0.5, 0.6) is 0 Å². The Bertz CT molecular complexity index is 619. The fourth-order valence-corrected chi connectivity index (χ4v) is 2.88. The summed E-state index contributed by atoms with van der Waals surface area (Å²) in [4.78, 5) is 22.7. The van der Waals surface area contributed by atoms with Crippen LogP contribution < -0.4 is 0 Å². The Morgan fingerprint density at radius 2 is 2.33 bits per heavy atom. The van der Waals surface area contributed by atoms with Crippen LogP contribution in [0.3, 0.4) is 0 Å². The number of hydrogen-bond donors (Lipinski definition) is 0. The van der Waals surface area contributed by atoms with Gasteiger partial charge in [0.05, 0.1) is 23.9 Å². The average Bonchev–Trinajstić information content (AvgIpc) is 3.10. The van der Waals surface area contributed by atoms with Gasteiger partial charge >= 0.3 is 0 Å². The molecule has 0 aliphatic carbocycles. The van der Waals surface area contributed by atoms with Gasteiger partial charge in [0, 0.05) is 18.3 Å². The van der Waals surface area contributed by atoms with Crippen LogP contribution in [0, 0.1) is 13.8 Å². The molecule has 110 valence electrons. The van der Waals surface area contributed by atoms with E-state index >= 15 is 0 Å². The van der Waals surface area contributed by atoms with Crippen molar-refractivity contribution in [3.8, 4) is 0 Å². The first kappa shape index (κ1) is 13.7. The molecule has 1 aliphatic rings. The predicted molar refractivity (Wildman–Crippen MR) is 75.4 cm³/mol. The van der Waals surface area contributed by atoms with Crippen molar-refractivity contribution in [3.63, 3.8) is 0 Å². The number of likely N-dealkylation sites (tertiary alicyclic amines) is 1. The van der Waals surface area contributed by atoms with E-state index in [1.165, 1.54) is 6.33 Å². The van der Waals surface area contributed by atoms with Crippen LogP contribution in [0.4, 0.5) is 0 Å². The number of aromatic nitrogens is 3. The highest BCUT2D eigenvalue weighted by Crippen LogP contribution is 2.31. The van der Waals surface area contributed by atoms with Crippen LogP contribution in [0.2, 0.25) is 0 Å². The first-order chi connectivity index (χ1) is 10.2. The van der Waals surface area contributed by atoms with Gasteiger partial charge < -0.3 is 9.42 Å². The monoisotopic (exact) mass is 286 g/mol. The van der Waals surface area contributed by atoms with Crippen LogP contribution >= 0.6 is 0 Å². The second-order valence-corrected chi connectivity index (χ2v) is 5.36. The minimum Gasteiger partial charge on any atom is -0.361 e. The van der Waals surface area contributed by atoms with E-state index in [1.807, 2.05) is 24.8 Å². The van der Waals surface area contributed by atoms with Crippen molar-refractivity contribution < 1.29 is 9.32 Å². The molecule has 1 aliphatic heterocycles. The van der Waals surface area contributed by atoms with E-state index in [0.29, 0.717) is 6.42 Å². The van der Waals surface area contributed by atoms with Gasteiger partial charge in [-0.15, -0.1) is 0 Å². The van der Waals surface area contributed by atoms with Gasteiger partial charge in [0.15, 0.2) is 0 Å². The van der Waals surface area contributed by atoms with Crippen molar-refractivity contribution in [2.45, 2.75) is 39.2 Å². The second-order valence-electron chi connectivity index (χ2n) is 5.36. The molecule has 1 saturated heterocycles. The Labute approximate surface area is 123 Å². The maximum Gasteiger partial charge on any atom is 0.227 e. The molecule has 6 heteroatoms. The third-order valence-corrected chi connectivity index (χ3v) is 4.03. The summed E-state index contributed by atoms with van der Waals surface area (Å²) < 4.78 is 5.13. The van der Waals surface area contributed by atoms with E-state index < -0.39 is 0 Å². The summed E-state index contributed by atoms with van der Waals surface area (Å²) in [6, 6.07) is 1.94. The molecule has 2 aromatic heterocycles. The van der Waals surface area contributed by atoms with Crippen LogP contribution in [0.1, 0.15) is 41.6 Å². The minimum atomic E-state index is 0.0565. The Balaban J connectivity index is 1.78. The fourth-order valence-electron chi connectivity index (χ4n) is 2.88. The molecule has 2 aromatic rings. The highest BCUT2D eigenvalue weighted by atomic mass is 16.5. The standard InChI is InChI=1S/C15H18N4O2/c1-10-12(11(2)21-18-10)8-15(20)19-7-3-4-14(19)13-5-6-16-9-17-13/h5-6,9,14H,3-4,7-8H2,1-2H3. The van der Waals surface area contributed by atoms with Crippen LogP contribution in [0.15, 0.2) is 23.1 Å². The molecule has 0 spiro atoms. The molecule has 0 saturated carbocycles. The molecule has 0 radical (unpaired) electrons. The summed E-state index contributed by atoms with van der Waals surface area (Å²) in [6.07, 6.45) is 5.54. The van der Waals surface area contributed by atoms with E-state index in [2.05, 4.69) is 15.1 Å². The number of hydrogen-bond acceptors (Lipinski definition) is 5. The lowest BCUT2D eigenvalue weighted by Crippen LogP contribution is -2.32. The lowest BCUT2D eigenvalue weighted by atomic mass is 10.1. The third kappa shape index (κ3) is 2.66. The molecule has 1 fully saturated rings. The van der Waals surface area contributed by atoms with Crippen molar-refractivity contribution in [3.05, 3.63) is 41.3 Å². The van der Waals surface area contributed by atoms with Gasteiger partial charge in [0.2, 0.25) is 5.91 Å². The minimum absolute atomic E-state index is 0.0565. The summed E-state index contributed by atoms with van der Waals surface area (Å²) in [5, 5.41) is 3.91. The molecular formula is C15H18N4O2. The molecule has 0 aromatic carbocycles. The van der Waals surface area contributed by atoms with Gasteiger partial charge in [0.25, 0.3) is 0 Å². The molecule has 3 heterocycles. The van der Waals surface area contributed by atoms with Gasteiger partial charge in [-0.1, -0.05) is 5.16 Å². The van der Waals surface area contributed by atoms with Crippen molar-refractivity contribution >= 4 is 5.91 Å². The average molecular weight is 286 g/mol. The fraction of sp³-hybridized carbons (Fsp3) is 0.467. The summed E-state index contributed by atoms with van der Waals surface area (Å²) in [7, 11) is 0. The zero-order chi connectivity index (χ0) is 14.8. The zero-order valence-corrected chi connectivity index (χ0v) is 12.2. The van der Waals surface area contributed by atoms with Crippen molar-refractivity contribution in [1.29, 1.82) is 0 Å². The maximum atomic E-state index is 12.6. The summed E-state index contributed by atoms with van der Waals surface area (Å²) >= 11 is 0. The SMILES string of the molecule is Cc1noc(C)c1CC(=O)N1CCCC1c1ccncn1. The third-order valence-electron chi connectivity index (χ3n) is 4.03. The Morgan fingerprint density at radius 1 is 1.48 bits per heavy atom. The topological polar surface area (TPSA) is 72.1 Å². The number of aryl methyl sites for hydroxylation is 2. The molecule has 0 N–H and O–H groups in total. The van der Waals surface area contributed by atoms with E-state index in [9.17, 15) is 4.79 Å². The number of rotatable bonds is 3. The first-order valence-electron chi connectivity index (χ1n) is 7.14. The summed E-state index contributed by atoms with van der Waals surface area (Å²) in [6.45, 7) is 4.48. The number of carbonyl (C=O) groups excluding carboxylic acids is 1. The largest absolute Gasteiger partial charge is 0.361 e. The van der Waals surface area contributed by atoms with Crippen molar-refractivity contribution in [2.24, 2.45) is 0 Å². The molecule has 3 rings (SSSR count). The molecule has 6 nitrogen and oxygen atoms in total. The molecule has 1 amide bonds. The number of carbonyl (C=O) groups is 1. The van der Waals surface area contributed by atoms with E-state index in [4.69, 9.17) is 4.52 Å². The van der Waals surface area contributed by atoms with Crippen molar-refractivity contribution in [2.75, 3.05) is 6.54 Å². The van der Waals surface area contributed by atoms with Crippen LogP contribution in [-0.4, -0.2) is 32.5 Å². The Kier molecular flexibility index (Phi) is 3.68. The molecule has 0 bridgehead atoms. The molecule has 21 heavy (non-hydrogen) atoms. The lowest BCUT2D eigenvalue weighted by molar-refractivity contribution is -0.131. The van der Waals surface area contributed by atoms with Gasteiger partial charge in [-0.05, 0) is 32.8 Å². The Morgan fingerprint density at radius 3 is 3.00 bits per heavy atom. The smallest absolute Gasteiger partial charge is 0.227 e. The van der Waals surface area contributed by atoms with Gasteiger partial charge in [-0.3, -0.25) is 4.79 Å². The highest BCUT2D eigenvalue weighted by Gasteiger charge is 2.31. The lowest BCUT2D eigenvalue weighted by Gasteiger charge is -2.24. The number of amides is 1. The van der Waals surface area contributed by atoms with Gasteiger partial charge in [0.1, 0.15) is 12.1 Å². The van der Waals surface area contributed by atoms with E-state index in [-0.39, 0.29) is 11.9 Å². The zero-order valence-electron chi connectivity index (χ0n) is 12.2. The first-order valence-corrected chi connectivity index (χ1v) is 7.14. The maximum absolute atomic E-state index is 12.6. The van der Waals surface area contributed by atoms with Gasteiger partial charge in [-0.2, -0.15) is 0 Å². The van der Waals surface area contributed by atoms with E-state index in [0.717, 1.165) is 42.1 Å². The van der Waals surface area contributed by atoms with Gasteiger partial charge in [-0.25, -0.2) is 9.97 Å². The van der Waals surface area contributed by atoms with Crippen LogP contribution in [0.25, 0.3) is 0 Å². The quantitative estimate of drug-likeness (QED) is 0.862. The number of nitrogens with zero attached hydrogens (tertiary/aromatic N) is 4. The summed E-state index contributed by atoms with van der Waals surface area (Å²) in [5.41, 5.74) is 2.60. The van der Waals surface area contributed by atoms with E-state index in [1.54, 1.807) is 6.20 Å². The second kappa shape index (κ2) is 5.63. The van der Waals surface area contributed by atoms with Crippen molar-refractivity contribution in [1.82, 2.24) is 20.0 Å². The highest BCUT2D eigenvalue weighted by molar-refractivity contribution is 5.80. The Hall–Kier alpha value is -2.24. The predicted octanol–water partition coefficient (Wildman–Crippen LogP) is 1.99.